The first-order chi connectivity index (χ1) is 13.7. The zero-order valence-electron chi connectivity index (χ0n) is 15.7. The highest BCUT2D eigenvalue weighted by Gasteiger charge is 2.35. The molecule has 1 fully saturated rings. The molecule has 0 saturated carbocycles. The summed E-state index contributed by atoms with van der Waals surface area (Å²) in [5.74, 6) is 0. The third kappa shape index (κ3) is 4.43. The summed E-state index contributed by atoms with van der Waals surface area (Å²) in [6.45, 7) is 1.65. The molecule has 2 heterocycles. The number of carbonyl (C=O) groups excluding carboxylic acids is 1. The van der Waals surface area contributed by atoms with Gasteiger partial charge in [-0.25, -0.2) is 26.6 Å². The van der Waals surface area contributed by atoms with Gasteiger partial charge in [-0.2, -0.15) is 8.61 Å². The highest BCUT2D eigenvalue weighted by Crippen LogP contribution is 2.30. The Kier molecular flexibility index (Phi) is 6.24. The Labute approximate surface area is 173 Å². The van der Waals surface area contributed by atoms with Gasteiger partial charge in [0, 0.05) is 26.2 Å². The Morgan fingerprint density at radius 3 is 2.14 bits per heavy atom. The number of piperazine rings is 1. The number of rotatable bonds is 5. The number of hydrogen-bond acceptors (Lipinski definition) is 8. The van der Waals surface area contributed by atoms with Crippen LogP contribution < -0.4 is 5.32 Å². The molecule has 0 bridgehead atoms. The molecule has 3 rings (SSSR count). The van der Waals surface area contributed by atoms with E-state index in [1.807, 2.05) is 0 Å². The Balaban J connectivity index is 1.74. The van der Waals surface area contributed by atoms with Crippen molar-refractivity contribution in [1.82, 2.24) is 13.6 Å². The molecular formula is C16H20N4O6S3. The molecule has 1 saturated heterocycles. The number of hydrogen-bond donors (Lipinski definition) is 1. The van der Waals surface area contributed by atoms with Crippen molar-refractivity contribution in [3.8, 4) is 0 Å². The monoisotopic (exact) mass is 460 g/mol. The standard InChI is InChI=1S/C16H20N4O6S3/c1-12-14(27-15(17-12)18-16(21)26-2)29(24,25)20-10-8-19(9-11-20)28(22,23)13-6-4-3-5-7-13/h3-7H,8-11H2,1-2H3,(H,17,18,21). The molecule has 10 nitrogen and oxygen atoms in total. The molecule has 1 aliphatic heterocycles. The van der Waals surface area contributed by atoms with Crippen molar-refractivity contribution in [3.63, 3.8) is 0 Å². The fourth-order valence-corrected chi connectivity index (χ4v) is 7.22. The van der Waals surface area contributed by atoms with Gasteiger partial charge in [0.15, 0.2) is 9.34 Å². The number of amides is 1. The number of ether oxygens (including phenoxy) is 1. The summed E-state index contributed by atoms with van der Waals surface area (Å²) in [5.41, 5.74) is 0.251. The smallest absolute Gasteiger partial charge is 0.413 e. The number of anilines is 1. The summed E-state index contributed by atoms with van der Waals surface area (Å²) in [5, 5.41) is 2.46. The third-order valence-electron chi connectivity index (χ3n) is 4.30. The van der Waals surface area contributed by atoms with Crippen LogP contribution in [0.3, 0.4) is 0 Å². The van der Waals surface area contributed by atoms with Gasteiger partial charge >= 0.3 is 6.09 Å². The molecular weight excluding hydrogens is 440 g/mol. The largest absolute Gasteiger partial charge is 0.453 e. The van der Waals surface area contributed by atoms with Gasteiger partial charge in [0.05, 0.1) is 17.7 Å². The number of nitrogens with zero attached hydrogens (tertiary/aromatic N) is 3. The van der Waals surface area contributed by atoms with E-state index in [4.69, 9.17) is 0 Å². The van der Waals surface area contributed by atoms with E-state index in [2.05, 4.69) is 15.0 Å². The first-order valence-corrected chi connectivity index (χ1v) is 12.2. The van der Waals surface area contributed by atoms with Crippen molar-refractivity contribution in [2.45, 2.75) is 16.0 Å². The third-order valence-corrected chi connectivity index (χ3v) is 9.77. The maximum Gasteiger partial charge on any atom is 0.413 e. The van der Waals surface area contributed by atoms with Crippen molar-refractivity contribution >= 4 is 42.6 Å². The van der Waals surface area contributed by atoms with Crippen molar-refractivity contribution in [3.05, 3.63) is 36.0 Å². The lowest BCUT2D eigenvalue weighted by Crippen LogP contribution is -2.50. The molecule has 1 aromatic heterocycles. The quantitative estimate of drug-likeness (QED) is 0.713. The highest BCUT2D eigenvalue weighted by atomic mass is 32.2. The predicted octanol–water partition coefficient (Wildman–Crippen LogP) is 1.33. The molecule has 29 heavy (non-hydrogen) atoms. The van der Waals surface area contributed by atoms with Gasteiger partial charge in [-0.3, -0.25) is 5.32 Å². The lowest BCUT2D eigenvalue weighted by molar-refractivity contribution is 0.187. The molecule has 1 aliphatic rings. The SMILES string of the molecule is COC(=O)Nc1nc(C)c(S(=O)(=O)N2CCN(S(=O)(=O)c3ccccc3)CC2)s1. The second kappa shape index (κ2) is 8.36. The number of sulfonamides is 2. The molecule has 2 aromatic rings. The number of aromatic nitrogens is 1. The van der Waals surface area contributed by atoms with Crippen LogP contribution in [0.5, 0.6) is 0 Å². The molecule has 1 aromatic carbocycles. The van der Waals surface area contributed by atoms with Crippen LogP contribution in [-0.2, 0) is 24.8 Å². The number of thiazole rings is 1. The van der Waals surface area contributed by atoms with Gasteiger partial charge in [-0.1, -0.05) is 29.5 Å². The maximum atomic E-state index is 13.0. The van der Waals surface area contributed by atoms with Gasteiger partial charge in [0.2, 0.25) is 10.0 Å². The van der Waals surface area contributed by atoms with Crippen LogP contribution in [0.15, 0.2) is 39.4 Å². The van der Waals surface area contributed by atoms with Crippen LogP contribution in [0, 0.1) is 6.92 Å². The van der Waals surface area contributed by atoms with E-state index in [1.54, 1.807) is 18.2 Å². The van der Waals surface area contributed by atoms with Crippen molar-refractivity contribution in [1.29, 1.82) is 0 Å². The summed E-state index contributed by atoms with van der Waals surface area (Å²) in [6.07, 6.45) is -0.748. The number of benzene rings is 1. The summed E-state index contributed by atoms with van der Waals surface area (Å²) in [7, 11) is -6.36. The fraction of sp³-hybridized carbons (Fsp3) is 0.375. The number of methoxy groups -OCH3 is 1. The molecule has 0 aliphatic carbocycles. The zero-order valence-corrected chi connectivity index (χ0v) is 18.2. The molecule has 0 spiro atoms. The number of aryl methyl sites for hydroxylation is 1. The van der Waals surface area contributed by atoms with E-state index in [-0.39, 0.29) is 46.1 Å². The van der Waals surface area contributed by atoms with Crippen molar-refractivity contribution in [2.24, 2.45) is 0 Å². The Morgan fingerprint density at radius 1 is 1.03 bits per heavy atom. The summed E-state index contributed by atoms with van der Waals surface area (Å²) in [6, 6.07) is 8.02. The van der Waals surface area contributed by atoms with E-state index in [0.717, 1.165) is 11.3 Å². The normalized spacial score (nSPS) is 16.5. The Hall–Kier alpha value is -2.06. The van der Waals surface area contributed by atoms with Crippen LogP contribution in [0.2, 0.25) is 0 Å². The molecule has 1 amide bonds. The van der Waals surface area contributed by atoms with Gasteiger partial charge in [0.1, 0.15) is 0 Å². The van der Waals surface area contributed by atoms with Crippen LogP contribution in [0.25, 0.3) is 0 Å². The molecule has 1 N–H and O–H groups in total. The Morgan fingerprint density at radius 2 is 1.59 bits per heavy atom. The average molecular weight is 461 g/mol. The lowest BCUT2D eigenvalue weighted by Gasteiger charge is -2.33. The predicted molar refractivity (Wildman–Crippen MR) is 107 cm³/mol. The van der Waals surface area contributed by atoms with E-state index >= 15 is 0 Å². The van der Waals surface area contributed by atoms with Gasteiger partial charge in [-0.05, 0) is 19.1 Å². The van der Waals surface area contributed by atoms with Gasteiger partial charge in [0.25, 0.3) is 10.0 Å². The van der Waals surface area contributed by atoms with Crippen LogP contribution >= 0.6 is 11.3 Å². The first-order valence-electron chi connectivity index (χ1n) is 8.54. The minimum Gasteiger partial charge on any atom is -0.453 e. The highest BCUT2D eigenvalue weighted by molar-refractivity contribution is 7.91. The van der Waals surface area contributed by atoms with Crippen LogP contribution in [0.1, 0.15) is 5.69 Å². The average Bonchev–Trinajstić information content (AvgIpc) is 3.09. The van der Waals surface area contributed by atoms with E-state index < -0.39 is 26.1 Å². The summed E-state index contributed by atoms with van der Waals surface area (Å²) in [4.78, 5) is 15.5. The second-order valence-electron chi connectivity index (χ2n) is 6.13. The molecule has 0 unspecified atom stereocenters. The molecule has 13 heteroatoms. The minimum atomic E-state index is -3.87. The summed E-state index contributed by atoms with van der Waals surface area (Å²) >= 11 is 0.822. The second-order valence-corrected chi connectivity index (χ2v) is 11.2. The molecule has 158 valence electrons. The van der Waals surface area contributed by atoms with Crippen LogP contribution in [-0.4, -0.2) is 69.8 Å². The number of carbonyl (C=O) groups is 1. The molecule has 0 radical (unpaired) electrons. The van der Waals surface area contributed by atoms with E-state index in [0.29, 0.717) is 0 Å². The lowest BCUT2D eigenvalue weighted by atomic mass is 10.4. The fourth-order valence-electron chi connectivity index (χ4n) is 2.82. The number of nitrogens with one attached hydrogen (secondary N) is 1. The summed E-state index contributed by atoms with van der Waals surface area (Å²) < 4.78 is 58.4. The molecule has 0 atom stereocenters. The van der Waals surface area contributed by atoms with Crippen LogP contribution in [0.4, 0.5) is 9.93 Å². The Bertz CT molecular complexity index is 1090. The van der Waals surface area contributed by atoms with Gasteiger partial charge in [-0.15, -0.1) is 0 Å². The van der Waals surface area contributed by atoms with Gasteiger partial charge < -0.3 is 4.74 Å². The first kappa shape index (κ1) is 21.6. The zero-order chi connectivity index (χ0) is 21.2. The van der Waals surface area contributed by atoms with Crippen molar-refractivity contribution in [2.75, 3.05) is 38.6 Å². The minimum absolute atomic E-state index is 0.00303. The van der Waals surface area contributed by atoms with E-state index in [9.17, 15) is 21.6 Å². The van der Waals surface area contributed by atoms with Crippen molar-refractivity contribution < 1.29 is 26.4 Å². The maximum absolute atomic E-state index is 13.0. The van der Waals surface area contributed by atoms with E-state index in [1.165, 1.54) is 34.8 Å². The topological polar surface area (TPSA) is 126 Å².